The third-order valence-corrected chi connectivity index (χ3v) is 2.05. The van der Waals surface area contributed by atoms with E-state index in [0.717, 1.165) is 6.07 Å². The Bertz CT molecular complexity index is 580. The average Bonchev–Trinajstić information content (AvgIpc) is 2.34. The molecule has 0 amide bonds. The van der Waals surface area contributed by atoms with Gasteiger partial charge < -0.3 is 4.74 Å². The number of hydrogen-bond donors (Lipinski definition) is 0. The molecule has 0 N–H and O–H groups in total. The molecule has 1 aromatic carbocycles. The number of ether oxygens (including phenoxy) is 1. The lowest BCUT2D eigenvalue weighted by molar-refractivity contribution is 0.411. The van der Waals surface area contributed by atoms with Crippen molar-refractivity contribution in [3.05, 3.63) is 47.0 Å². The highest BCUT2D eigenvalue weighted by Gasteiger charge is 2.07. The molecular formula is C11H5ClFN3O. The van der Waals surface area contributed by atoms with Crippen LogP contribution in [0.2, 0.25) is 5.02 Å². The number of nitriles is 1. The highest BCUT2D eigenvalue weighted by atomic mass is 35.5. The second-order valence-corrected chi connectivity index (χ2v) is 3.48. The van der Waals surface area contributed by atoms with Crippen LogP contribution in [0.5, 0.6) is 11.8 Å². The second kappa shape index (κ2) is 4.76. The van der Waals surface area contributed by atoms with Crippen molar-refractivity contribution in [3.63, 3.8) is 0 Å². The molecule has 0 aliphatic carbocycles. The summed E-state index contributed by atoms with van der Waals surface area (Å²) in [5, 5.41) is 8.94. The zero-order chi connectivity index (χ0) is 12.3. The van der Waals surface area contributed by atoms with Crippen molar-refractivity contribution >= 4 is 11.6 Å². The van der Waals surface area contributed by atoms with Gasteiger partial charge in [0.15, 0.2) is 11.6 Å². The fourth-order valence-electron chi connectivity index (χ4n) is 1.10. The van der Waals surface area contributed by atoms with E-state index in [2.05, 4.69) is 9.97 Å². The quantitative estimate of drug-likeness (QED) is 0.821. The fraction of sp³-hybridized carbons (Fsp3) is 0. The van der Waals surface area contributed by atoms with Crippen LogP contribution < -0.4 is 4.74 Å². The third-order valence-electron chi connectivity index (χ3n) is 1.86. The number of aromatic nitrogens is 2. The lowest BCUT2D eigenvalue weighted by Gasteiger charge is -2.04. The van der Waals surface area contributed by atoms with Gasteiger partial charge in [-0.1, -0.05) is 11.6 Å². The summed E-state index contributed by atoms with van der Waals surface area (Å²) in [6.07, 6.45) is 2.68. The molecule has 84 valence electrons. The van der Waals surface area contributed by atoms with Crippen molar-refractivity contribution in [2.75, 3.05) is 0 Å². The topological polar surface area (TPSA) is 58.8 Å². The summed E-state index contributed by atoms with van der Waals surface area (Å²) in [5.41, 5.74) is 0.215. The first-order valence-electron chi connectivity index (χ1n) is 4.54. The highest BCUT2D eigenvalue weighted by molar-refractivity contribution is 6.30. The summed E-state index contributed by atoms with van der Waals surface area (Å²) >= 11 is 5.59. The number of rotatable bonds is 2. The van der Waals surface area contributed by atoms with Crippen molar-refractivity contribution in [3.8, 4) is 17.8 Å². The first-order valence-corrected chi connectivity index (χ1v) is 4.92. The Balaban J connectivity index is 2.25. The minimum Gasteiger partial charge on any atom is -0.421 e. The van der Waals surface area contributed by atoms with E-state index < -0.39 is 5.82 Å². The Labute approximate surface area is 101 Å². The third kappa shape index (κ3) is 2.68. The summed E-state index contributed by atoms with van der Waals surface area (Å²) < 4.78 is 18.5. The molecule has 0 radical (unpaired) electrons. The lowest BCUT2D eigenvalue weighted by Crippen LogP contribution is -1.93. The molecule has 0 fully saturated rings. The lowest BCUT2D eigenvalue weighted by atomic mass is 10.2. The van der Waals surface area contributed by atoms with Gasteiger partial charge in [-0.05, 0) is 18.2 Å². The van der Waals surface area contributed by atoms with Gasteiger partial charge >= 0.3 is 6.01 Å². The van der Waals surface area contributed by atoms with Crippen LogP contribution in [0.4, 0.5) is 4.39 Å². The van der Waals surface area contributed by atoms with Crippen LogP contribution in [0.25, 0.3) is 0 Å². The summed E-state index contributed by atoms with van der Waals surface area (Å²) in [7, 11) is 0. The molecule has 0 aliphatic heterocycles. The second-order valence-electron chi connectivity index (χ2n) is 3.04. The largest absolute Gasteiger partial charge is 0.421 e. The van der Waals surface area contributed by atoms with Gasteiger partial charge in [0, 0.05) is 0 Å². The fourth-order valence-corrected chi connectivity index (χ4v) is 1.20. The first kappa shape index (κ1) is 11.3. The van der Waals surface area contributed by atoms with E-state index in [0.29, 0.717) is 5.02 Å². The van der Waals surface area contributed by atoms with Crippen LogP contribution in [-0.2, 0) is 0 Å². The summed E-state index contributed by atoms with van der Waals surface area (Å²) in [5.74, 6) is -0.700. The molecule has 0 aliphatic rings. The summed E-state index contributed by atoms with van der Waals surface area (Å²) in [6.45, 7) is 0. The molecule has 0 saturated heterocycles. The molecule has 17 heavy (non-hydrogen) atoms. The maximum Gasteiger partial charge on any atom is 0.322 e. The van der Waals surface area contributed by atoms with Gasteiger partial charge in [0.2, 0.25) is 0 Å². The van der Waals surface area contributed by atoms with E-state index in [4.69, 9.17) is 21.6 Å². The Morgan fingerprint density at radius 3 is 2.59 bits per heavy atom. The average molecular weight is 250 g/mol. The maximum absolute atomic E-state index is 13.4. The van der Waals surface area contributed by atoms with E-state index >= 15 is 0 Å². The number of hydrogen-bond acceptors (Lipinski definition) is 4. The van der Waals surface area contributed by atoms with Gasteiger partial charge in [0.25, 0.3) is 0 Å². The molecule has 2 aromatic rings. The van der Waals surface area contributed by atoms with Crippen molar-refractivity contribution in [1.29, 1.82) is 5.26 Å². The van der Waals surface area contributed by atoms with Gasteiger partial charge in [-0.25, -0.2) is 14.4 Å². The van der Waals surface area contributed by atoms with E-state index in [1.165, 1.54) is 24.5 Å². The minimum absolute atomic E-state index is 0.0157. The normalized spacial score (nSPS) is 9.71. The molecular weight excluding hydrogens is 245 g/mol. The molecule has 0 atom stereocenters. The van der Waals surface area contributed by atoms with Crippen LogP contribution in [-0.4, -0.2) is 9.97 Å². The minimum atomic E-state index is -0.650. The van der Waals surface area contributed by atoms with Crippen LogP contribution >= 0.6 is 11.6 Å². The maximum atomic E-state index is 13.4. The van der Waals surface area contributed by atoms with Gasteiger partial charge in [0.1, 0.15) is 0 Å². The van der Waals surface area contributed by atoms with Gasteiger partial charge in [-0.2, -0.15) is 5.26 Å². The van der Waals surface area contributed by atoms with Crippen molar-refractivity contribution in [2.45, 2.75) is 0 Å². The monoisotopic (exact) mass is 249 g/mol. The zero-order valence-electron chi connectivity index (χ0n) is 8.39. The SMILES string of the molecule is N#Cc1ccc(Oc2ncc(Cl)cn2)c(F)c1. The zero-order valence-corrected chi connectivity index (χ0v) is 9.15. The number of halogens is 2. The molecule has 6 heteroatoms. The molecule has 4 nitrogen and oxygen atoms in total. The summed E-state index contributed by atoms with van der Waals surface area (Å²) in [6, 6.07) is 5.66. The van der Waals surface area contributed by atoms with Crippen LogP contribution in [0, 0.1) is 17.1 Å². The van der Waals surface area contributed by atoms with Crippen LogP contribution in [0.3, 0.4) is 0 Å². The van der Waals surface area contributed by atoms with Crippen LogP contribution in [0.1, 0.15) is 5.56 Å². The van der Waals surface area contributed by atoms with E-state index in [1.807, 2.05) is 6.07 Å². The molecule has 1 heterocycles. The van der Waals surface area contributed by atoms with Crippen molar-refractivity contribution < 1.29 is 9.13 Å². The predicted molar refractivity (Wildman–Crippen MR) is 58.2 cm³/mol. The Morgan fingerprint density at radius 1 is 1.29 bits per heavy atom. The predicted octanol–water partition coefficient (Wildman–Crippen LogP) is 2.93. The van der Waals surface area contributed by atoms with Crippen LogP contribution in [0.15, 0.2) is 30.6 Å². The number of nitrogens with zero attached hydrogens (tertiary/aromatic N) is 3. The smallest absolute Gasteiger partial charge is 0.322 e. The van der Waals surface area contributed by atoms with E-state index in [-0.39, 0.29) is 17.3 Å². The van der Waals surface area contributed by atoms with Crippen molar-refractivity contribution in [2.24, 2.45) is 0 Å². The summed E-state index contributed by atoms with van der Waals surface area (Å²) in [4.78, 5) is 7.52. The molecule has 0 saturated carbocycles. The van der Waals surface area contributed by atoms with E-state index in [1.54, 1.807) is 0 Å². The standard InChI is InChI=1S/C11H5ClFN3O/c12-8-5-15-11(16-6-8)17-10-2-1-7(4-14)3-9(10)13/h1-3,5-6H. The first-order chi connectivity index (χ1) is 8.19. The molecule has 0 bridgehead atoms. The molecule has 1 aromatic heterocycles. The van der Waals surface area contributed by atoms with Gasteiger partial charge in [0.05, 0.1) is 29.0 Å². The Morgan fingerprint density at radius 2 is 2.00 bits per heavy atom. The van der Waals surface area contributed by atoms with Gasteiger partial charge in [-0.15, -0.1) is 0 Å². The Kier molecular flexibility index (Phi) is 3.17. The van der Waals surface area contributed by atoms with Gasteiger partial charge in [-0.3, -0.25) is 0 Å². The van der Waals surface area contributed by atoms with Crippen molar-refractivity contribution in [1.82, 2.24) is 9.97 Å². The highest BCUT2D eigenvalue weighted by Crippen LogP contribution is 2.22. The van der Waals surface area contributed by atoms with E-state index in [9.17, 15) is 4.39 Å². The molecule has 0 spiro atoms. The Hall–Kier alpha value is -2.19. The molecule has 2 rings (SSSR count). The number of benzene rings is 1. The molecule has 0 unspecified atom stereocenters.